The van der Waals surface area contributed by atoms with E-state index in [1.165, 1.54) is 5.56 Å². The number of rotatable bonds is 5. The molecule has 0 saturated carbocycles. The van der Waals surface area contributed by atoms with Gasteiger partial charge >= 0.3 is 0 Å². The molecule has 1 unspecified atom stereocenters. The lowest BCUT2D eigenvalue weighted by atomic mass is 9.96. The number of likely N-dealkylation sites (tertiary alicyclic amines) is 1. The second-order valence-electron chi connectivity index (χ2n) is 8.04. The molecule has 3 N–H and O–H groups in total. The summed E-state index contributed by atoms with van der Waals surface area (Å²) in [4.78, 5) is 27.5. The molecule has 7 nitrogen and oxygen atoms in total. The number of aryl methyl sites for hydroxylation is 1. The molecule has 0 spiro atoms. The maximum absolute atomic E-state index is 13.3. The third-order valence-corrected chi connectivity index (χ3v) is 5.93. The van der Waals surface area contributed by atoms with Crippen LogP contribution in [0.15, 0.2) is 24.3 Å². The third kappa shape index (κ3) is 3.92. The van der Waals surface area contributed by atoms with Gasteiger partial charge in [-0.2, -0.15) is 5.10 Å². The van der Waals surface area contributed by atoms with Gasteiger partial charge < -0.3 is 16.0 Å². The molecule has 1 aliphatic heterocycles. The molecule has 2 heterocycles. The summed E-state index contributed by atoms with van der Waals surface area (Å²) >= 11 is 0. The van der Waals surface area contributed by atoms with Gasteiger partial charge in [-0.05, 0) is 51.2 Å². The molecule has 7 heteroatoms. The van der Waals surface area contributed by atoms with Crippen molar-refractivity contribution >= 4 is 11.8 Å². The Morgan fingerprint density at radius 1 is 1.21 bits per heavy atom. The summed E-state index contributed by atoms with van der Waals surface area (Å²) < 4.78 is 1.93. The fraction of sp³-hybridized carbons (Fsp3) is 0.500. The topological polar surface area (TPSA) is 93.2 Å². The van der Waals surface area contributed by atoms with Gasteiger partial charge in [-0.1, -0.05) is 17.7 Å². The Kier molecular flexibility index (Phi) is 5.67. The molecule has 1 fully saturated rings. The molecule has 2 amide bonds. The number of nitrogens with two attached hydrogens (primary N) is 1. The highest BCUT2D eigenvalue weighted by atomic mass is 16.2. The van der Waals surface area contributed by atoms with Gasteiger partial charge in [-0.3, -0.25) is 9.59 Å². The number of piperidine rings is 1. The number of nitrogens with zero attached hydrogens (tertiary/aromatic N) is 3. The maximum Gasteiger partial charge on any atom is 0.274 e. The number of aromatic nitrogens is 2. The van der Waals surface area contributed by atoms with Gasteiger partial charge in [0.15, 0.2) is 5.69 Å². The van der Waals surface area contributed by atoms with E-state index in [2.05, 4.69) is 24.4 Å². The highest BCUT2D eigenvalue weighted by Gasteiger charge is 2.33. The summed E-state index contributed by atoms with van der Waals surface area (Å²) in [6.45, 7) is 4.07. The van der Waals surface area contributed by atoms with E-state index in [4.69, 9.17) is 10.8 Å². The Morgan fingerprint density at radius 3 is 2.76 bits per heavy atom. The molecule has 1 aromatic carbocycles. The molecule has 2 aliphatic rings. The summed E-state index contributed by atoms with van der Waals surface area (Å²) in [5.74, 6) is -0.236. The monoisotopic (exact) mass is 395 g/mol. The van der Waals surface area contributed by atoms with Crippen molar-refractivity contribution in [3.8, 4) is 5.69 Å². The van der Waals surface area contributed by atoms with E-state index in [0.29, 0.717) is 31.9 Å². The molecule has 0 radical (unpaired) electrons. The van der Waals surface area contributed by atoms with Gasteiger partial charge in [0.05, 0.1) is 11.6 Å². The fourth-order valence-electron chi connectivity index (χ4n) is 4.37. The number of amides is 2. The van der Waals surface area contributed by atoms with Crippen LogP contribution in [0.3, 0.4) is 0 Å². The molecule has 1 aliphatic carbocycles. The van der Waals surface area contributed by atoms with E-state index in [1.807, 2.05) is 16.8 Å². The summed E-state index contributed by atoms with van der Waals surface area (Å²) in [6, 6.07) is 8.23. The zero-order chi connectivity index (χ0) is 20.4. The van der Waals surface area contributed by atoms with E-state index in [1.54, 1.807) is 4.90 Å². The van der Waals surface area contributed by atoms with E-state index in [-0.39, 0.29) is 17.7 Å². The third-order valence-electron chi connectivity index (χ3n) is 5.93. The molecule has 29 heavy (non-hydrogen) atoms. The highest BCUT2D eigenvalue weighted by Crippen LogP contribution is 2.29. The summed E-state index contributed by atoms with van der Waals surface area (Å²) in [5.41, 5.74) is 10.4. The summed E-state index contributed by atoms with van der Waals surface area (Å²) in [7, 11) is 0. The molecular weight excluding hydrogens is 366 g/mol. The van der Waals surface area contributed by atoms with Crippen molar-refractivity contribution in [2.45, 2.75) is 39.0 Å². The lowest BCUT2D eigenvalue weighted by Crippen LogP contribution is -2.46. The molecule has 0 bridgehead atoms. The summed E-state index contributed by atoms with van der Waals surface area (Å²) in [5, 5.41) is 7.59. The van der Waals surface area contributed by atoms with Crippen LogP contribution in [-0.4, -0.2) is 52.7 Å². The minimum absolute atomic E-state index is 0.0108. The smallest absolute Gasteiger partial charge is 0.274 e. The highest BCUT2D eigenvalue weighted by molar-refractivity contribution is 5.95. The van der Waals surface area contributed by atoms with Crippen molar-refractivity contribution < 1.29 is 9.59 Å². The van der Waals surface area contributed by atoms with E-state index >= 15 is 0 Å². The van der Waals surface area contributed by atoms with Crippen LogP contribution in [0.1, 0.15) is 46.6 Å². The van der Waals surface area contributed by atoms with Crippen LogP contribution in [0.2, 0.25) is 0 Å². The first kappa shape index (κ1) is 19.6. The van der Waals surface area contributed by atoms with Crippen molar-refractivity contribution in [2.24, 2.45) is 11.7 Å². The van der Waals surface area contributed by atoms with Gasteiger partial charge in [0.2, 0.25) is 5.91 Å². The fourth-order valence-corrected chi connectivity index (χ4v) is 4.37. The van der Waals surface area contributed by atoms with Crippen LogP contribution in [0.4, 0.5) is 0 Å². The Hall–Kier alpha value is -2.67. The molecule has 2 aromatic rings. The van der Waals surface area contributed by atoms with E-state index in [0.717, 1.165) is 49.0 Å². The number of nitrogens with one attached hydrogen (secondary N) is 1. The van der Waals surface area contributed by atoms with Crippen LogP contribution in [0, 0.1) is 12.8 Å². The number of fused-ring (bicyclic) bond motifs is 1. The van der Waals surface area contributed by atoms with Crippen LogP contribution in [0.5, 0.6) is 0 Å². The average molecular weight is 396 g/mol. The minimum atomic E-state index is -0.175. The Balaban J connectivity index is 1.57. The second kappa shape index (κ2) is 8.37. The van der Waals surface area contributed by atoms with Crippen molar-refractivity contribution in [2.75, 3.05) is 26.2 Å². The Bertz CT molecular complexity index is 903. The number of benzene rings is 1. The lowest BCUT2D eigenvalue weighted by Gasteiger charge is -2.31. The van der Waals surface area contributed by atoms with Crippen LogP contribution in [-0.2, 0) is 17.6 Å². The predicted molar refractivity (Wildman–Crippen MR) is 111 cm³/mol. The molecule has 154 valence electrons. The van der Waals surface area contributed by atoms with Crippen LogP contribution in [0.25, 0.3) is 5.69 Å². The largest absolute Gasteiger partial charge is 0.355 e. The lowest BCUT2D eigenvalue weighted by molar-refractivity contribution is -0.126. The first-order valence-electron chi connectivity index (χ1n) is 10.5. The van der Waals surface area contributed by atoms with Crippen molar-refractivity contribution in [3.05, 3.63) is 46.8 Å². The van der Waals surface area contributed by atoms with E-state index < -0.39 is 0 Å². The zero-order valence-corrected chi connectivity index (χ0v) is 17.0. The van der Waals surface area contributed by atoms with Gasteiger partial charge in [0.25, 0.3) is 5.91 Å². The quantitative estimate of drug-likeness (QED) is 0.804. The molecule has 1 atom stereocenters. The van der Waals surface area contributed by atoms with Crippen LogP contribution >= 0.6 is 0 Å². The molecule has 1 saturated heterocycles. The minimum Gasteiger partial charge on any atom is -0.355 e. The van der Waals surface area contributed by atoms with E-state index in [9.17, 15) is 9.59 Å². The van der Waals surface area contributed by atoms with Gasteiger partial charge in [-0.25, -0.2) is 4.68 Å². The number of carbonyl (C=O) groups excluding carboxylic acids is 2. The van der Waals surface area contributed by atoms with Gasteiger partial charge in [-0.15, -0.1) is 0 Å². The first-order chi connectivity index (χ1) is 14.1. The second-order valence-corrected chi connectivity index (χ2v) is 8.04. The zero-order valence-electron chi connectivity index (χ0n) is 17.0. The summed E-state index contributed by atoms with van der Waals surface area (Å²) in [6.07, 6.45) is 4.50. The SMILES string of the molecule is Cc1ccc(-n2nc(C(=O)N3CCCC(C(=O)NCCN)C3)c3c2CCC3)cc1. The van der Waals surface area contributed by atoms with Gasteiger partial charge in [0.1, 0.15) is 0 Å². The van der Waals surface area contributed by atoms with Crippen molar-refractivity contribution in [1.29, 1.82) is 0 Å². The molecule has 4 rings (SSSR count). The standard InChI is InChI=1S/C22H29N5O2/c1-15-7-9-17(10-8-15)27-19-6-2-5-18(19)20(25-27)22(29)26-13-3-4-16(14-26)21(28)24-12-11-23/h7-10,16H,2-6,11-14,23H2,1H3,(H,24,28). The normalized spacial score (nSPS) is 18.6. The number of carbonyl (C=O) groups is 2. The number of hydrogen-bond acceptors (Lipinski definition) is 4. The Labute approximate surface area is 171 Å². The van der Waals surface area contributed by atoms with Crippen molar-refractivity contribution in [1.82, 2.24) is 20.0 Å². The molecule has 1 aromatic heterocycles. The maximum atomic E-state index is 13.3. The average Bonchev–Trinajstić information content (AvgIpc) is 3.35. The van der Waals surface area contributed by atoms with Crippen LogP contribution < -0.4 is 11.1 Å². The van der Waals surface area contributed by atoms with Gasteiger partial charge in [0, 0.05) is 37.4 Å². The van der Waals surface area contributed by atoms with Crippen molar-refractivity contribution in [3.63, 3.8) is 0 Å². The number of hydrogen-bond donors (Lipinski definition) is 2. The molecular formula is C22H29N5O2. The predicted octanol–water partition coefficient (Wildman–Crippen LogP) is 1.60. The Morgan fingerprint density at radius 2 is 2.00 bits per heavy atom. The first-order valence-corrected chi connectivity index (χ1v) is 10.5.